The molecule has 4 aromatic rings. The standard InChI is InChI=1S/C36H41N3O.C2HF3O2/c1-29(40)39(35-20-23-38(24-21-35)27-31-13-6-3-7-14-31)28-34-16-8-9-18-36(34)33-17-10-15-32(25-33)26-37-22-19-30-11-4-2-5-12-30;3-2(4,5)1(6)7/h2-18,25,35,37H,19-24,26-28H2,1H3;(H,6,7). The Balaban J connectivity index is 0.000000644. The topological polar surface area (TPSA) is 72.9 Å². The summed E-state index contributed by atoms with van der Waals surface area (Å²) in [6.07, 6.45) is -2.03. The maximum atomic E-state index is 12.9. The van der Waals surface area contributed by atoms with Gasteiger partial charge in [-0.15, -0.1) is 0 Å². The highest BCUT2D eigenvalue weighted by molar-refractivity contribution is 5.75. The van der Waals surface area contributed by atoms with Crippen molar-refractivity contribution in [1.29, 1.82) is 0 Å². The Kier molecular flexibility index (Phi) is 13.1. The summed E-state index contributed by atoms with van der Waals surface area (Å²) in [5.41, 5.74) is 7.61. The number of halogens is 3. The molecule has 0 aromatic heterocycles. The Morgan fingerprint density at radius 2 is 1.40 bits per heavy atom. The number of carboxylic acid groups (broad SMARTS) is 1. The fraction of sp³-hybridized carbons (Fsp3) is 0.316. The van der Waals surface area contributed by atoms with E-state index in [0.717, 1.165) is 52.0 Å². The second kappa shape index (κ2) is 17.4. The molecule has 6 nitrogen and oxygen atoms in total. The average molecular weight is 646 g/mol. The maximum absolute atomic E-state index is 12.9. The van der Waals surface area contributed by atoms with Gasteiger partial charge in [-0.25, -0.2) is 4.79 Å². The van der Waals surface area contributed by atoms with Gasteiger partial charge in [-0.2, -0.15) is 13.2 Å². The molecule has 1 aliphatic heterocycles. The van der Waals surface area contributed by atoms with Crippen molar-refractivity contribution in [3.05, 3.63) is 131 Å². The smallest absolute Gasteiger partial charge is 0.475 e. The van der Waals surface area contributed by atoms with Crippen LogP contribution in [-0.4, -0.2) is 58.6 Å². The molecule has 9 heteroatoms. The molecule has 5 rings (SSSR count). The predicted molar refractivity (Wildman–Crippen MR) is 178 cm³/mol. The normalized spacial score (nSPS) is 13.8. The van der Waals surface area contributed by atoms with Gasteiger partial charge in [0.2, 0.25) is 5.91 Å². The molecule has 1 heterocycles. The first-order valence-corrected chi connectivity index (χ1v) is 15.9. The summed E-state index contributed by atoms with van der Waals surface area (Å²) >= 11 is 0. The molecule has 0 atom stereocenters. The minimum atomic E-state index is -5.08. The number of nitrogens with one attached hydrogen (secondary N) is 1. The van der Waals surface area contributed by atoms with Crippen LogP contribution in [0.1, 0.15) is 42.0 Å². The van der Waals surface area contributed by atoms with Gasteiger partial charge in [-0.1, -0.05) is 103 Å². The number of carbonyl (C=O) groups excluding carboxylic acids is 1. The summed E-state index contributed by atoms with van der Waals surface area (Å²) < 4.78 is 31.7. The fourth-order valence-corrected chi connectivity index (χ4v) is 5.81. The van der Waals surface area contributed by atoms with Crippen molar-refractivity contribution in [2.45, 2.75) is 58.0 Å². The summed E-state index contributed by atoms with van der Waals surface area (Å²) in [5, 5.41) is 10.7. The van der Waals surface area contributed by atoms with E-state index in [9.17, 15) is 18.0 Å². The highest BCUT2D eigenvalue weighted by atomic mass is 19.4. The monoisotopic (exact) mass is 645 g/mol. The van der Waals surface area contributed by atoms with Crippen molar-refractivity contribution in [3.8, 4) is 11.1 Å². The number of benzene rings is 4. The SMILES string of the molecule is CC(=O)N(Cc1ccccc1-c1cccc(CNCCc2ccccc2)c1)C1CCN(Cc2ccccc2)CC1.O=C(O)C(F)(F)F. The summed E-state index contributed by atoms with van der Waals surface area (Å²) in [4.78, 5) is 26.4. The lowest BCUT2D eigenvalue weighted by molar-refractivity contribution is -0.192. The molecule has 0 spiro atoms. The number of amides is 1. The van der Waals surface area contributed by atoms with E-state index in [1.54, 1.807) is 6.92 Å². The molecule has 0 unspecified atom stereocenters. The quantitative estimate of drug-likeness (QED) is 0.167. The van der Waals surface area contributed by atoms with E-state index in [0.29, 0.717) is 6.54 Å². The van der Waals surface area contributed by atoms with E-state index in [-0.39, 0.29) is 11.9 Å². The highest BCUT2D eigenvalue weighted by Crippen LogP contribution is 2.28. The van der Waals surface area contributed by atoms with E-state index in [4.69, 9.17) is 9.90 Å². The number of carbonyl (C=O) groups is 2. The predicted octanol–water partition coefficient (Wildman–Crippen LogP) is 7.33. The lowest BCUT2D eigenvalue weighted by Gasteiger charge is -2.38. The van der Waals surface area contributed by atoms with E-state index >= 15 is 0 Å². The molecule has 248 valence electrons. The zero-order valence-electron chi connectivity index (χ0n) is 26.6. The molecule has 4 aromatic carbocycles. The van der Waals surface area contributed by atoms with Crippen molar-refractivity contribution in [1.82, 2.24) is 15.1 Å². The van der Waals surface area contributed by atoms with Crippen molar-refractivity contribution in [2.75, 3.05) is 19.6 Å². The summed E-state index contributed by atoms with van der Waals surface area (Å²) in [6, 6.07) is 38.9. The van der Waals surface area contributed by atoms with Crippen molar-refractivity contribution in [2.24, 2.45) is 0 Å². The first-order chi connectivity index (χ1) is 22.6. The number of nitrogens with zero attached hydrogens (tertiary/aromatic N) is 2. The summed E-state index contributed by atoms with van der Waals surface area (Å²) in [6.45, 7) is 7.17. The van der Waals surface area contributed by atoms with Gasteiger partial charge in [0, 0.05) is 45.7 Å². The molecule has 1 amide bonds. The molecular formula is C38H42F3N3O3. The van der Waals surface area contributed by atoms with Crippen LogP contribution in [0, 0.1) is 0 Å². The van der Waals surface area contributed by atoms with Gasteiger partial charge >= 0.3 is 12.1 Å². The fourth-order valence-electron chi connectivity index (χ4n) is 5.81. The summed E-state index contributed by atoms with van der Waals surface area (Å²) in [7, 11) is 0. The third kappa shape index (κ3) is 11.4. The van der Waals surface area contributed by atoms with Gasteiger partial charge in [-0.3, -0.25) is 9.69 Å². The van der Waals surface area contributed by atoms with Crippen molar-refractivity contribution in [3.63, 3.8) is 0 Å². The molecule has 2 N–H and O–H groups in total. The number of rotatable bonds is 11. The second-order valence-electron chi connectivity index (χ2n) is 11.7. The van der Waals surface area contributed by atoms with E-state index < -0.39 is 12.1 Å². The molecule has 1 saturated heterocycles. The van der Waals surface area contributed by atoms with Crippen LogP contribution in [0.25, 0.3) is 11.1 Å². The maximum Gasteiger partial charge on any atom is 0.490 e. The third-order valence-corrected chi connectivity index (χ3v) is 8.25. The van der Waals surface area contributed by atoms with Gasteiger partial charge in [0.15, 0.2) is 0 Å². The van der Waals surface area contributed by atoms with E-state index in [2.05, 4.69) is 124 Å². The lowest BCUT2D eigenvalue weighted by Crippen LogP contribution is -2.46. The molecule has 47 heavy (non-hydrogen) atoms. The van der Waals surface area contributed by atoms with Crippen LogP contribution in [-0.2, 0) is 35.6 Å². The molecule has 0 saturated carbocycles. The van der Waals surface area contributed by atoms with Crippen LogP contribution in [0.5, 0.6) is 0 Å². The molecule has 1 fully saturated rings. The van der Waals surface area contributed by atoms with Crippen LogP contribution in [0.4, 0.5) is 13.2 Å². The molecular weight excluding hydrogens is 603 g/mol. The first kappa shape index (κ1) is 35.4. The van der Waals surface area contributed by atoms with Crippen molar-refractivity contribution < 1.29 is 27.9 Å². The number of likely N-dealkylation sites (tertiary alicyclic amines) is 1. The Hall–Kier alpha value is -4.47. The van der Waals surface area contributed by atoms with Gasteiger partial charge in [0.05, 0.1) is 0 Å². The van der Waals surface area contributed by atoms with Gasteiger partial charge < -0.3 is 15.3 Å². The zero-order chi connectivity index (χ0) is 33.6. The number of hydrogen-bond donors (Lipinski definition) is 2. The number of aliphatic carboxylic acids is 1. The summed E-state index contributed by atoms with van der Waals surface area (Å²) in [5.74, 6) is -2.60. The van der Waals surface area contributed by atoms with Crippen LogP contribution < -0.4 is 5.32 Å². The van der Waals surface area contributed by atoms with Crippen LogP contribution in [0.3, 0.4) is 0 Å². The van der Waals surface area contributed by atoms with Gasteiger partial charge in [0.25, 0.3) is 0 Å². The minimum Gasteiger partial charge on any atom is -0.475 e. The number of alkyl halides is 3. The Bertz CT molecular complexity index is 1560. The highest BCUT2D eigenvalue weighted by Gasteiger charge is 2.38. The molecule has 1 aliphatic rings. The Labute approximate surface area is 274 Å². The Morgan fingerprint density at radius 1 is 0.830 bits per heavy atom. The van der Waals surface area contributed by atoms with Crippen LogP contribution in [0.15, 0.2) is 109 Å². The largest absolute Gasteiger partial charge is 0.490 e. The van der Waals surface area contributed by atoms with E-state index in [1.165, 1.54) is 33.4 Å². The van der Waals surface area contributed by atoms with E-state index in [1.807, 2.05) is 0 Å². The number of hydrogen-bond acceptors (Lipinski definition) is 4. The van der Waals surface area contributed by atoms with Crippen molar-refractivity contribution >= 4 is 11.9 Å². The van der Waals surface area contributed by atoms with Crippen LogP contribution in [0.2, 0.25) is 0 Å². The molecule has 0 aliphatic carbocycles. The minimum absolute atomic E-state index is 0.160. The van der Waals surface area contributed by atoms with Crippen LogP contribution >= 0.6 is 0 Å². The third-order valence-electron chi connectivity index (χ3n) is 8.25. The zero-order valence-corrected chi connectivity index (χ0v) is 26.6. The average Bonchev–Trinajstić information content (AvgIpc) is 3.07. The van der Waals surface area contributed by atoms with Gasteiger partial charge in [-0.05, 0) is 65.3 Å². The number of piperidine rings is 1. The molecule has 0 bridgehead atoms. The second-order valence-corrected chi connectivity index (χ2v) is 11.7. The van der Waals surface area contributed by atoms with Gasteiger partial charge in [0.1, 0.15) is 0 Å². The lowest BCUT2D eigenvalue weighted by atomic mass is 9.96. The first-order valence-electron chi connectivity index (χ1n) is 15.9. The molecule has 0 radical (unpaired) electrons. The Morgan fingerprint density at radius 3 is 2.02 bits per heavy atom. The number of carboxylic acids is 1.